The van der Waals surface area contributed by atoms with Gasteiger partial charge in [0.15, 0.2) is 22.7 Å². The molecule has 6 heterocycles. The summed E-state index contributed by atoms with van der Waals surface area (Å²) in [7, 11) is 1.32. The van der Waals surface area contributed by atoms with E-state index < -0.39 is 29.2 Å². The maximum Gasteiger partial charge on any atom is 0.322 e. The van der Waals surface area contributed by atoms with Crippen LogP contribution in [0.15, 0.2) is 53.1 Å². The molecule has 214 valence electrons. The van der Waals surface area contributed by atoms with E-state index in [-0.39, 0.29) is 30.2 Å². The summed E-state index contributed by atoms with van der Waals surface area (Å²) in [5, 5.41) is 8.22. The van der Waals surface area contributed by atoms with Gasteiger partial charge in [-0.15, -0.1) is 0 Å². The second kappa shape index (κ2) is 9.80. The number of carbonyl (C=O) groups excluding carboxylic acids is 3. The van der Waals surface area contributed by atoms with Gasteiger partial charge in [0.05, 0.1) is 24.9 Å². The van der Waals surface area contributed by atoms with E-state index in [2.05, 4.69) is 25.8 Å². The highest BCUT2D eigenvalue weighted by molar-refractivity contribution is 6.08. The Balaban J connectivity index is 1.22. The molecule has 1 unspecified atom stereocenters. The Kier molecular flexibility index (Phi) is 6.04. The van der Waals surface area contributed by atoms with E-state index in [0.717, 1.165) is 37.6 Å². The maximum atomic E-state index is 15.0. The molecule has 3 aliphatic rings. The molecule has 4 amide bonds. The van der Waals surface area contributed by atoms with Crippen molar-refractivity contribution in [3.8, 4) is 17.0 Å². The van der Waals surface area contributed by atoms with Gasteiger partial charge in [0.2, 0.25) is 0 Å². The van der Waals surface area contributed by atoms with Crippen LogP contribution in [0.5, 0.6) is 5.75 Å². The Bertz CT molecular complexity index is 1770. The summed E-state index contributed by atoms with van der Waals surface area (Å²) in [6.07, 6.45) is 1.75. The number of ether oxygens (including phenoxy) is 1. The van der Waals surface area contributed by atoms with Gasteiger partial charge < -0.3 is 29.6 Å². The van der Waals surface area contributed by atoms with Crippen LogP contribution in [0.3, 0.4) is 0 Å². The first-order chi connectivity index (χ1) is 20.4. The Hall–Kier alpha value is -5.04. The minimum absolute atomic E-state index is 0.0417. The van der Waals surface area contributed by atoms with E-state index in [9.17, 15) is 18.8 Å². The molecule has 2 fully saturated rings. The molecule has 13 heteroatoms. The van der Waals surface area contributed by atoms with Crippen LogP contribution in [0.4, 0.5) is 15.0 Å². The van der Waals surface area contributed by atoms with Gasteiger partial charge in [-0.1, -0.05) is 6.07 Å². The van der Waals surface area contributed by atoms with Crippen molar-refractivity contribution < 1.29 is 27.9 Å². The van der Waals surface area contributed by atoms with Crippen LogP contribution >= 0.6 is 0 Å². The maximum absolute atomic E-state index is 15.0. The number of urea groups is 1. The number of methoxy groups -OCH3 is 1. The summed E-state index contributed by atoms with van der Waals surface area (Å²) < 4.78 is 26.1. The fourth-order valence-corrected chi connectivity index (χ4v) is 5.76. The van der Waals surface area contributed by atoms with Gasteiger partial charge >= 0.3 is 6.03 Å². The van der Waals surface area contributed by atoms with Crippen molar-refractivity contribution in [3.05, 3.63) is 71.4 Å². The zero-order valence-electron chi connectivity index (χ0n) is 22.6. The van der Waals surface area contributed by atoms with E-state index >= 15 is 0 Å². The molecular weight excluding hydrogens is 545 g/mol. The minimum atomic E-state index is -1.75. The number of benzene rings is 1. The highest BCUT2D eigenvalue weighted by atomic mass is 19.1. The molecule has 1 aromatic carbocycles. The third kappa shape index (κ3) is 4.12. The van der Waals surface area contributed by atoms with Crippen molar-refractivity contribution in [2.75, 3.05) is 44.7 Å². The van der Waals surface area contributed by atoms with Gasteiger partial charge in [0.1, 0.15) is 17.1 Å². The van der Waals surface area contributed by atoms with Gasteiger partial charge in [0.25, 0.3) is 11.8 Å². The lowest BCUT2D eigenvalue weighted by molar-refractivity contribution is -0.125. The molecule has 1 atom stereocenters. The van der Waals surface area contributed by atoms with Crippen LogP contribution in [-0.2, 0) is 16.9 Å². The van der Waals surface area contributed by atoms with Crippen LogP contribution in [0.1, 0.15) is 21.7 Å². The number of pyridine rings is 2. The SMILES string of the molecule is COc1ccc2c(c1F)C(=O)N(CC1(c3cc4nc(-c5ccnc(N6CCNCC6)c5)ccc4o3)NC(=O)NC1=O)C2. The number of imide groups is 1. The number of anilines is 1. The number of halogens is 1. The number of hydrogen-bond acceptors (Lipinski definition) is 9. The first-order valence-corrected chi connectivity index (χ1v) is 13.5. The Labute approximate surface area is 238 Å². The number of nitrogens with zero attached hydrogens (tertiary/aromatic N) is 4. The largest absolute Gasteiger partial charge is 0.494 e. The number of rotatable bonds is 6. The monoisotopic (exact) mass is 571 g/mol. The number of carbonyl (C=O) groups is 3. The average Bonchev–Trinajstić information content (AvgIpc) is 3.67. The number of aromatic nitrogens is 2. The van der Waals surface area contributed by atoms with Crippen molar-refractivity contribution in [1.29, 1.82) is 0 Å². The molecule has 3 aromatic heterocycles. The number of nitrogens with one attached hydrogen (secondary N) is 3. The number of fused-ring (bicyclic) bond motifs is 2. The predicted octanol–water partition coefficient (Wildman–Crippen LogP) is 2.14. The minimum Gasteiger partial charge on any atom is -0.494 e. The van der Waals surface area contributed by atoms with Crippen molar-refractivity contribution >= 4 is 34.8 Å². The van der Waals surface area contributed by atoms with E-state index in [1.807, 2.05) is 18.2 Å². The van der Waals surface area contributed by atoms with E-state index in [0.29, 0.717) is 22.4 Å². The standard InChI is InChI=1S/C29H26FN7O5/c1-41-21-4-2-17-14-37(26(38)24(17)25(21)30)15-29(27(39)34-28(40)35-29)22-13-19-20(42-22)5-3-18(33-19)16-6-7-32-23(12-16)36-10-8-31-9-11-36/h2-7,12-13,31H,8-11,14-15H2,1H3,(H2,34,35,39,40). The molecule has 3 aliphatic heterocycles. The molecule has 0 bridgehead atoms. The number of hydrogen-bond donors (Lipinski definition) is 3. The molecule has 3 N–H and O–H groups in total. The molecule has 0 spiro atoms. The first-order valence-electron chi connectivity index (χ1n) is 13.5. The zero-order valence-corrected chi connectivity index (χ0v) is 22.6. The number of piperazine rings is 1. The highest BCUT2D eigenvalue weighted by Crippen LogP contribution is 2.36. The number of furan rings is 1. The van der Waals surface area contributed by atoms with Gasteiger partial charge in [0, 0.05) is 50.6 Å². The van der Waals surface area contributed by atoms with Gasteiger partial charge in [-0.25, -0.2) is 19.2 Å². The van der Waals surface area contributed by atoms with E-state index in [4.69, 9.17) is 14.1 Å². The molecule has 0 aliphatic carbocycles. The smallest absolute Gasteiger partial charge is 0.322 e. The Morgan fingerprint density at radius 2 is 1.93 bits per heavy atom. The quantitative estimate of drug-likeness (QED) is 0.297. The fraction of sp³-hybridized carbons (Fsp3) is 0.276. The Morgan fingerprint density at radius 3 is 2.69 bits per heavy atom. The lowest BCUT2D eigenvalue weighted by Gasteiger charge is -2.28. The molecule has 0 radical (unpaired) electrons. The molecule has 2 saturated heterocycles. The summed E-state index contributed by atoms with van der Waals surface area (Å²) in [4.78, 5) is 51.7. The fourth-order valence-electron chi connectivity index (χ4n) is 5.76. The molecule has 12 nitrogen and oxygen atoms in total. The normalized spacial score (nSPS) is 20.2. The summed E-state index contributed by atoms with van der Waals surface area (Å²) in [6.45, 7) is 3.24. The number of amides is 4. The van der Waals surface area contributed by atoms with Crippen LogP contribution in [0.2, 0.25) is 0 Å². The van der Waals surface area contributed by atoms with Crippen LogP contribution in [-0.4, -0.2) is 72.5 Å². The second-order valence-corrected chi connectivity index (χ2v) is 10.4. The zero-order chi connectivity index (χ0) is 29.0. The molecular formula is C29H26FN7O5. The third-order valence-corrected chi connectivity index (χ3v) is 7.92. The van der Waals surface area contributed by atoms with Gasteiger partial charge in [-0.2, -0.15) is 0 Å². The van der Waals surface area contributed by atoms with Crippen molar-refractivity contribution in [2.24, 2.45) is 0 Å². The van der Waals surface area contributed by atoms with Crippen molar-refractivity contribution in [3.63, 3.8) is 0 Å². The van der Waals surface area contributed by atoms with E-state index in [1.54, 1.807) is 24.4 Å². The summed E-state index contributed by atoms with van der Waals surface area (Å²) >= 11 is 0. The lowest BCUT2D eigenvalue weighted by atomic mass is 9.95. The predicted molar refractivity (Wildman–Crippen MR) is 148 cm³/mol. The lowest BCUT2D eigenvalue weighted by Crippen LogP contribution is -2.52. The van der Waals surface area contributed by atoms with Crippen molar-refractivity contribution in [2.45, 2.75) is 12.1 Å². The van der Waals surface area contributed by atoms with Gasteiger partial charge in [-0.3, -0.25) is 14.9 Å². The summed E-state index contributed by atoms with van der Waals surface area (Å²) in [6, 6.07) is 11.3. The average molecular weight is 572 g/mol. The highest BCUT2D eigenvalue weighted by Gasteiger charge is 2.53. The second-order valence-electron chi connectivity index (χ2n) is 10.4. The van der Waals surface area contributed by atoms with E-state index in [1.165, 1.54) is 18.1 Å². The summed E-state index contributed by atoms with van der Waals surface area (Å²) in [5.74, 6) is -1.18. The van der Waals surface area contributed by atoms with Crippen LogP contribution < -0.4 is 25.6 Å². The van der Waals surface area contributed by atoms with Crippen LogP contribution in [0, 0.1) is 5.82 Å². The third-order valence-electron chi connectivity index (χ3n) is 7.92. The molecule has 42 heavy (non-hydrogen) atoms. The van der Waals surface area contributed by atoms with Crippen LogP contribution in [0.25, 0.3) is 22.4 Å². The molecule has 7 rings (SSSR count). The summed E-state index contributed by atoms with van der Waals surface area (Å²) in [5.41, 5.74) is 0.977. The van der Waals surface area contributed by atoms with Crippen molar-refractivity contribution in [1.82, 2.24) is 30.8 Å². The first kappa shape index (κ1) is 25.9. The molecule has 4 aromatic rings. The molecule has 0 saturated carbocycles. The Morgan fingerprint density at radius 1 is 1.10 bits per heavy atom. The van der Waals surface area contributed by atoms with Gasteiger partial charge in [-0.05, 0) is 35.9 Å². The topological polar surface area (TPSA) is 142 Å².